The standard InChI is InChI=1S/C25H26F2N4O3S/c1-16-13-20(27)7-8-22(16)30-23-14-24(35(33,34)28-2)29-15-21(23)25(32)31-11-9-18(10-12-31)17-3-5-19(26)6-4-17/h3-8,13-15,18,28H,9-12H2,1-2H3,(H,29,30). The first-order valence-corrected chi connectivity index (χ1v) is 12.7. The van der Waals surface area contributed by atoms with E-state index < -0.39 is 15.8 Å². The highest BCUT2D eigenvalue weighted by Gasteiger charge is 2.27. The molecule has 0 saturated carbocycles. The molecule has 1 aliphatic heterocycles. The van der Waals surface area contributed by atoms with Gasteiger partial charge in [-0.15, -0.1) is 0 Å². The molecule has 0 bridgehead atoms. The zero-order valence-corrected chi connectivity index (χ0v) is 20.2. The Hall–Kier alpha value is -3.37. The van der Waals surface area contributed by atoms with Crippen molar-refractivity contribution in [1.29, 1.82) is 0 Å². The van der Waals surface area contributed by atoms with E-state index in [-0.39, 0.29) is 33.9 Å². The number of hydrogen-bond donors (Lipinski definition) is 2. The van der Waals surface area contributed by atoms with Gasteiger partial charge in [0.15, 0.2) is 5.03 Å². The Balaban J connectivity index is 1.60. The summed E-state index contributed by atoms with van der Waals surface area (Å²) in [5.41, 5.74) is 2.64. The number of carbonyl (C=O) groups is 1. The molecule has 35 heavy (non-hydrogen) atoms. The number of carbonyl (C=O) groups excluding carboxylic acids is 1. The van der Waals surface area contributed by atoms with Crippen molar-refractivity contribution in [2.24, 2.45) is 0 Å². The van der Waals surface area contributed by atoms with Crippen LogP contribution in [0.15, 0.2) is 59.8 Å². The van der Waals surface area contributed by atoms with E-state index in [1.807, 2.05) is 0 Å². The number of aromatic nitrogens is 1. The summed E-state index contributed by atoms with van der Waals surface area (Å²) in [6.45, 7) is 2.69. The summed E-state index contributed by atoms with van der Waals surface area (Å²) in [5, 5.41) is 2.84. The summed E-state index contributed by atoms with van der Waals surface area (Å²) in [6.07, 6.45) is 2.69. The van der Waals surface area contributed by atoms with Crippen molar-refractivity contribution in [2.45, 2.75) is 30.7 Å². The Morgan fingerprint density at radius 1 is 1.00 bits per heavy atom. The van der Waals surface area contributed by atoms with Gasteiger partial charge in [0, 0.05) is 31.0 Å². The molecule has 1 saturated heterocycles. The number of aryl methyl sites for hydroxylation is 1. The maximum absolute atomic E-state index is 13.6. The van der Waals surface area contributed by atoms with Crippen LogP contribution in [0.3, 0.4) is 0 Å². The molecule has 0 radical (unpaired) electrons. The molecule has 1 amide bonds. The minimum Gasteiger partial charge on any atom is -0.355 e. The Bertz CT molecular complexity index is 1340. The van der Waals surface area contributed by atoms with Gasteiger partial charge in [-0.1, -0.05) is 12.1 Å². The second-order valence-electron chi connectivity index (χ2n) is 8.48. The average molecular weight is 501 g/mol. The van der Waals surface area contributed by atoms with Gasteiger partial charge in [0.25, 0.3) is 15.9 Å². The van der Waals surface area contributed by atoms with Gasteiger partial charge >= 0.3 is 0 Å². The van der Waals surface area contributed by atoms with Gasteiger partial charge in [-0.3, -0.25) is 4.79 Å². The predicted octanol–water partition coefficient (Wildman–Crippen LogP) is 4.34. The SMILES string of the molecule is CNS(=O)(=O)c1cc(Nc2ccc(F)cc2C)c(C(=O)N2CCC(c3ccc(F)cc3)CC2)cn1. The number of piperidine rings is 1. The topological polar surface area (TPSA) is 91.4 Å². The van der Waals surface area contributed by atoms with E-state index >= 15 is 0 Å². The zero-order chi connectivity index (χ0) is 25.2. The quantitative estimate of drug-likeness (QED) is 0.526. The second-order valence-corrected chi connectivity index (χ2v) is 10.3. The average Bonchev–Trinajstić information content (AvgIpc) is 2.86. The molecule has 2 heterocycles. The Labute approximate surface area is 203 Å². The van der Waals surface area contributed by atoms with Crippen LogP contribution in [0.2, 0.25) is 0 Å². The van der Waals surface area contributed by atoms with E-state index in [0.717, 1.165) is 18.4 Å². The van der Waals surface area contributed by atoms with Crippen LogP contribution in [0.4, 0.5) is 20.2 Å². The van der Waals surface area contributed by atoms with Crippen LogP contribution in [0, 0.1) is 18.6 Å². The molecular weight excluding hydrogens is 474 g/mol. The van der Waals surface area contributed by atoms with Crippen LogP contribution < -0.4 is 10.0 Å². The Morgan fingerprint density at radius 2 is 1.66 bits per heavy atom. The fraction of sp³-hybridized carbons (Fsp3) is 0.280. The van der Waals surface area contributed by atoms with Crippen LogP contribution in [-0.2, 0) is 10.0 Å². The van der Waals surface area contributed by atoms with Crippen molar-refractivity contribution in [2.75, 3.05) is 25.5 Å². The summed E-state index contributed by atoms with van der Waals surface area (Å²) in [5.74, 6) is -0.748. The lowest BCUT2D eigenvalue weighted by Gasteiger charge is -2.32. The largest absolute Gasteiger partial charge is 0.355 e. The molecule has 1 fully saturated rings. The molecule has 184 valence electrons. The van der Waals surface area contributed by atoms with Crippen LogP contribution in [0.1, 0.15) is 40.2 Å². The molecule has 1 aromatic heterocycles. The number of benzene rings is 2. The number of nitrogens with zero attached hydrogens (tertiary/aromatic N) is 2. The number of hydrogen-bond acceptors (Lipinski definition) is 5. The van der Waals surface area contributed by atoms with E-state index in [1.165, 1.54) is 49.6 Å². The maximum atomic E-state index is 13.6. The van der Waals surface area contributed by atoms with Gasteiger partial charge in [-0.25, -0.2) is 26.9 Å². The minimum absolute atomic E-state index is 0.212. The number of nitrogens with one attached hydrogen (secondary N) is 2. The molecule has 0 unspecified atom stereocenters. The first-order valence-electron chi connectivity index (χ1n) is 11.2. The molecule has 3 aromatic rings. The molecule has 2 N–H and O–H groups in total. The minimum atomic E-state index is -3.85. The van der Waals surface area contributed by atoms with Crippen LogP contribution >= 0.6 is 0 Å². The van der Waals surface area contributed by atoms with Crippen molar-refractivity contribution in [1.82, 2.24) is 14.6 Å². The summed E-state index contributed by atoms with van der Waals surface area (Å²) in [4.78, 5) is 19.2. The highest BCUT2D eigenvalue weighted by Crippen LogP contribution is 2.31. The third kappa shape index (κ3) is 5.49. The molecule has 2 aromatic carbocycles. The van der Waals surface area contributed by atoms with Crippen molar-refractivity contribution < 1.29 is 22.0 Å². The third-order valence-electron chi connectivity index (χ3n) is 6.23. The molecule has 10 heteroatoms. The van der Waals surface area contributed by atoms with E-state index in [1.54, 1.807) is 24.0 Å². The highest BCUT2D eigenvalue weighted by molar-refractivity contribution is 7.89. The summed E-state index contributed by atoms with van der Waals surface area (Å²) in [7, 11) is -2.57. The number of sulfonamides is 1. The van der Waals surface area contributed by atoms with Gasteiger partial charge in [0.2, 0.25) is 0 Å². The summed E-state index contributed by atoms with van der Waals surface area (Å²) >= 11 is 0. The fourth-order valence-electron chi connectivity index (χ4n) is 4.20. The molecule has 0 aliphatic carbocycles. The normalized spacial score (nSPS) is 14.7. The monoisotopic (exact) mass is 500 g/mol. The lowest BCUT2D eigenvalue weighted by Crippen LogP contribution is -2.38. The Morgan fingerprint density at radius 3 is 2.29 bits per heavy atom. The third-order valence-corrected chi connectivity index (χ3v) is 7.55. The van der Waals surface area contributed by atoms with Gasteiger partial charge in [0.05, 0.1) is 11.3 Å². The van der Waals surface area contributed by atoms with Crippen molar-refractivity contribution in [3.8, 4) is 0 Å². The lowest BCUT2D eigenvalue weighted by molar-refractivity contribution is 0.0713. The van der Waals surface area contributed by atoms with E-state index in [0.29, 0.717) is 24.3 Å². The van der Waals surface area contributed by atoms with Crippen molar-refractivity contribution in [3.05, 3.63) is 83.1 Å². The van der Waals surface area contributed by atoms with Crippen molar-refractivity contribution in [3.63, 3.8) is 0 Å². The van der Waals surface area contributed by atoms with E-state index in [9.17, 15) is 22.0 Å². The maximum Gasteiger partial charge on any atom is 0.257 e. The van der Waals surface area contributed by atoms with E-state index in [2.05, 4.69) is 15.0 Å². The van der Waals surface area contributed by atoms with Crippen LogP contribution in [-0.4, -0.2) is 44.3 Å². The van der Waals surface area contributed by atoms with Crippen LogP contribution in [0.25, 0.3) is 0 Å². The fourth-order valence-corrected chi connectivity index (χ4v) is 4.87. The molecule has 4 rings (SSSR count). The summed E-state index contributed by atoms with van der Waals surface area (Å²) < 4.78 is 53.7. The molecule has 1 aliphatic rings. The molecule has 0 atom stereocenters. The molecular formula is C25H26F2N4O3S. The Kier molecular flexibility index (Phi) is 7.13. The zero-order valence-electron chi connectivity index (χ0n) is 19.4. The predicted molar refractivity (Wildman–Crippen MR) is 129 cm³/mol. The van der Waals surface area contributed by atoms with E-state index in [4.69, 9.17) is 0 Å². The van der Waals surface area contributed by atoms with Gasteiger partial charge in [-0.05, 0) is 74.2 Å². The smallest absolute Gasteiger partial charge is 0.257 e. The first kappa shape index (κ1) is 24.7. The summed E-state index contributed by atoms with van der Waals surface area (Å²) in [6, 6.07) is 11.9. The second kappa shape index (κ2) is 10.1. The highest BCUT2D eigenvalue weighted by atomic mass is 32.2. The lowest BCUT2D eigenvalue weighted by atomic mass is 9.89. The number of amides is 1. The number of anilines is 2. The molecule has 7 nitrogen and oxygen atoms in total. The van der Waals surface area contributed by atoms with Crippen molar-refractivity contribution >= 4 is 27.3 Å². The molecule has 0 spiro atoms. The van der Waals surface area contributed by atoms with Gasteiger partial charge < -0.3 is 10.2 Å². The first-order chi connectivity index (χ1) is 16.7. The van der Waals surface area contributed by atoms with Gasteiger partial charge in [0.1, 0.15) is 11.6 Å². The number of likely N-dealkylation sites (tertiary alicyclic amines) is 1. The number of halogens is 2. The number of pyridine rings is 1. The van der Waals surface area contributed by atoms with Gasteiger partial charge in [-0.2, -0.15) is 0 Å². The van der Waals surface area contributed by atoms with Crippen LogP contribution in [0.5, 0.6) is 0 Å². The number of rotatable bonds is 6.